The van der Waals surface area contributed by atoms with E-state index in [2.05, 4.69) is 5.32 Å². The highest BCUT2D eigenvalue weighted by molar-refractivity contribution is 5.72. The minimum Gasteiger partial charge on any atom is -0.355 e. The van der Waals surface area contributed by atoms with Gasteiger partial charge in [-0.15, -0.1) is 0 Å². The van der Waals surface area contributed by atoms with Crippen molar-refractivity contribution in [2.75, 3.05) is 6.54 Å². The molecular formula is C14H19F3N2O2. The molecule has 1 aromatic rings. The van der Waals surface area contributed by atoms with Crippen molar-refractivity contribution in [1.82, 2.24) is 9.88 Å². The van der Waals surface area contributed by atoms with Crippen molar-refractivity contribution in [3.63, 3.8) is 0 Å². The predicted octanol–water partition coefficient (Wildman–Crippen LogP) is 2.35. The lowest BCUT2D eigenvalue weighted by Gasteiger charge is -2.16. The normalized spacial score (nSPS) is 11.5. The number of halogens is 3. The smallest absolute Gasteiger partial charge is 0.355 e. The molecule has 0 saturated carbocycles. The van der Waals surface area contributed by atoms with Gasteiger partial charge in [0.05, 0.1) is 5.56 Å². The number of carbonyl (C=O) groups excluding carboxylic acids is 1. The van der Waals surface area contributed by atoms with Gasteiger partial charge in [-0.25, -0.2) is 0 Å². The van der Waals surface area contributed by atoms with Crippen LogP contribution in [0.2, 0.25) is 0 Å². The number of pyridine rings is 1. The van der Waals surface area contributed by atoms with Crippen LogP contribution in [0, 0.1) is 0 Å². The molecule has 0 radical (unpaired) electrons. The highest BCUT2D eigenvalue weighted by atomic mass is 19.4. The second kappa shape index (κ2) is 7.28. The Morgan fingerprint density at radius 2 is 2.00 bits per heavy atom. The lowest BCUT2D eigenvalue weighted by Crippen LogP contribution is -2.32. The summed E-state index contributed by atoms with van der Waals surface area (Å²) in [7, 11) is 0. The van der Waals surface area contributed by atoms with Gasteiger partial charge < -0.3 is 9.88 Å². The van der Waals surface area contributed by atoms with Crippen molar-refractivity contribution in [3.05, 3.63) is 33.7 Å². The third-order valence-electron chi connectivity index (χ3n) is 3.04. The van der Waals surface area contributed by atoms with E-state index in [9.17, 15) is 22.8 Å². The first kappa shape index (κ1) is 17.3. The Morgan fingerprint density at radius 3 is 2.52 bits per heavy atom. The number of hydrogen-bond acceptors (Lipinski definition) is 2. The van der Waals surface area contributed by atoms with E-state index in [1.54, 1.807) is 0 Å². The van der Waals surface area contributed by atoms with Gasteiger partial charge in [-0.3, -0.25) is 9.59 Å². The van der Waals surface area contributed by atoms with E-state index < -0.39 is 17.3 Å². The van der Waals surface area contributed by atoms with Crippen molar-refractivity contribution in [1.29, 1.82) is 0 Å². The van der Waals surface area contributed by atoms with Gasteiger partial charge in [0.15, 0.2) is 0 Å². The minimum absolute atomic E-state index is 0.162. The van der Waals surface area contributed by atoms with Crippen LogP contribution in [-0.4, -0.2) is 17.0 Å². The summed E-state index contributed by atoms with van der Waals surface area (Å²) in [6, 6.07) is 1.62. The van der Waals surface area contributed by atoms with Crippen molar-refractivity contribution in [3.8, 4) is 0 Å². The molecule has 0 bridgehead atoms. The van der Waals surface area contributed by atoms with Crippen LogP contribution in [-0.2, 0) is 23.9 Å². The number of carbonyl (C=O) groups is 1. The Balaban J connectivity index is 3.09. The van der Waals surface area contributed by atoms with E-state index in [-0.39, 0.29) is 19.0 Å². The molecule has 0 atom stereocenters. The summed E-state index contributed by atoms with van der Waals surface area (Å²) in [4.78, 5) is 22.7. The summed E-state index contributed by atoms with van der Waals surface area (Å²) in [5.41, 5.74) is -1.27. The molecule has 0 spiro atoms. The number of hydrogen-bond donors (Lipinski definition) is 1. The summed E-state index contributed by atoms with van der Waals surface area (Å²) in [6.07, 6.45) is -2.62. The molecule has 0 aliphatic carbocycles. The summed E-state index contributed by atoms with van der Waals surface area (Å²) in [5.74, 6) is -0.245. The minimum atomic E-state index is -4.53. The molecule has 0 aliphatic rings. The molecule has 1 amide bonds. The predicted molar refractivity (Wildman–Crippen MR) is 73.0 cm³/mol. The molecule has 0 saturated heterocycles. The Morgan fingerprint density at radius 1 is 1.33 bits per heavy atom. The van der Waals surface area contributed by atoms with Gasteiger partial charge in [-0.05, 0) is 18.9 Å². The standard InChI is InChI=1S/C14H19F3N2O2/c1-3-4-5-12-8-11(14(15,16)17)9-13(21)19(12)7-6-18-10(2)20/h8-9H,3-7H2,1-2H3,(H,18,20). The second-order valence-electron chi connectivity index (χ2n) is 4.81. The van der Waals surface area contributed by atoms with Crippen molar-refractivity contribution < 1.29 is 18.0 Å². The highest BCUT2D eigenvalue weighted by Gasteiger charge is 2.31. The van der Waals surface area contributed by atoms with Crippen molar-refractivity contribution in [2.24, 2.45) is 0 Å². The third-order valence-corrected chi connectivity index (χ3v) is 3.04. The first-order chi connectivity index (χ1) is 9.75. The maximum absolute atomic E-state index is 12.8. The quantitative estimate of drug-likeness (QED) is 0.877. The van der Waals surface area contributed by atoms with Crippen LogP contribution < -0.4 is 10.9 Å². The third kappa shape index (κ3) is 5.24. The molecule has 1 heterocycles. The molecule has 0 aliphatic heterocycles. The molecule has 7 heteroatoms. The topological polar surface area (TPSA) is 51.1 Å². The van der Waals surface area contributed by atoms with E-state index in [1.807, 2.05) is 6.92 Å². The van der Waals surface area contributed by atoms with Gasteiger partial charge in [0.2, 0.25) is 5.91 Å². The van der Waals surface area contributed by atoms with Crippen LogP contribution in [0.3, 0.4) is 0 Å². The van der Waals surface area contributed by atoms with Crippen LogP contribution in [0.15, 0.2) is 16.9 Å². The number of nitrogens with one attached hydrogen (secondary N) is 1. The van der Waals surface area contributed by atoms with Gasteiger partial charge in [-0.2, -0.15) is 13.2 Å². The number of alkyl halides is 3. The molecule has 1 aromatic heterocycles. The van der Waals surface area contributed by atoms with Crippen LogP contribution in [0.1, 0.15) is 37.9 Å². The Hall–Kier alpha value is -1.79. The summed E-state index contributed by atoms with van der Waals surface area (Å²) in [6.45, 7) is 3.64. The largest absolute Gasteiger partial charge is 0.416 e. The zero-order valence-corrected chi connectivity index (χ0v) is 12.1. The molecule has 0 unspecified atom stereocenters. The number of amides is 1. The lowest BCUT2D eigenvalue weighted by molar-refractivity contribution is -0.137. The fourth-order valence-corrected chi connectivity index (χ4v) is 1.98. The van der Waals surface area contributed by atoms with Crippen LogP contribution >= 0.6 is 0 Å². The molecule has 0 aromatic carbocycles. The van der Waals surface area contributed by atoms with Crippen LogP contribution in [0.4, 0.5) is 13.2 Å². The maximum Gasteiger partial charge on any atom is 0.416 e. The number of unbranched alkanes of at least 4 members (excludes halogenated alkanes) is 1. The van der Waals surface area contributed by atoms with Crippen LogP contribution in [0.5, 0.6) is 0 Å². The van der Waals surface area contributed by atoms with Gasteiger partial charge in [-0.1, -0.05) is 13.3 Å². The Bertz CT molecular complexity index is 550. The Labute approximate surface area is 121 Å². The summed E-state index contributed by atoms with van der Waals surface area (Å²) < 4.78 is 39.6. The second-order valence-corrected chi connectivity index (χ2v) is 4.81. The SMILES string of the molecule is CCCCc1cc(C(F)(F)F)cc(=O)n1CCNC(C)=O. The average molecular weight is 304 g/mol. The maximum atomic E-state index is 12.8. The number of aryl methyl sites for hydroxylation is 1. The lowest BCUT2D eigenvalue weighted by atomic mass is 10.1. The molecule has 118 valence electrons. The molecule has 21 heavy (non-hydrogen) atoms. The Kier molecular flexibility index (Phi) is 5.99. The number of aromatic nitrogens is 1. The average Bonchev–Trinajstić information content (AvgIpc) is 2.36. The van der Waals surface area contributed by atoms with Gasteiger partial charge in [0.25, 0.3) is 5.56 Å². The number of rotatable bonds is 6. The monoisotopic (exact) mass is 304 g/mol. The molecule has 0 fully saturated rings. The van der Waals surface area contributed by atoms with Crippen molar-refractivity contribution in [2.45, 2.75) is 45.8 Å². The fourth-order valence-electron chi connectivity index (χ4n) is 1.98. The summed E-state index contributed by atoms with van der Waals surface area (Å²) >= 11 is 0. The molecule has 1 N–H and O–H groups in total. The number of nitrogens with zero attached hydrogens (tertiary/aromatic N) is 1. The molecular weight excluding hydrogens is 285 g/mol. The zero-order chi connectivity index (χ0) is 16.0. The molecule has 4 nitrogen and oxygen atoms in total. The molecule has 1 rings (SSSR count). The van der Waals surface area contributed by atoms with E-state index >= 15 is 0 Å². The van der Waals surface area contributed by atoms with Gasteiger partial charge >= 0.3 is 6.18 Å². The highest BCUT2D eigenvalue weighted by Crippen LogP contribution is 2.28. The first-order valence-electron chi connectivity index (χ1n) is 6.81. The van der Waals surface area contributed by atoms with E-state index in [4.69, 9.17) is 0 Å². The van der Waals surface area contributed by atoms with Crippen molar-refractivity contribution >= 4 is 5.91 Å². The van der Waals surface area contributed by atoms with Gasteiger partial charge in [0.1, 0.15) is 0 Å². The van der Waals surface area contributed by atoms with Crippen LogP contribution in [0.25, 0.3) is 0 Å². The first-order valence-corrected chi connectivity index (χ1v) is 6.81. The zero-order valence-electron chi connectivity index (χ0n) is 12.1. The van der Waals surface area contributed by atoms with E-state index in [0.29, 0.717) is 24.6 Å². The van der Waals surface area contributed by atoms with E-state index in [1.165, 1.54) is 11.5 Å². The fraction of sp³-hybridized carbons (Fsp3) is 0.571. The van der Waals surface area contributed by atoms with E-state index in [0.717, 1.165) is 12.5 Å². The van der Waals surface area contributed by atoms with Gasteiger partial charge in [0, 0.05) is 31.8 Å². The summed E-state index contributed by atoms with van der Waals surface area (Å²) in [5, 5.41) is 2.53.